The maximum atomic E-state index is 5.17. The molecular weight excluding hydrogens is 104 g/mol. The zero-order valence-corrected chi connectivity index (χ0v) is 4.83. The number of nitrogens with two attached hydrogens (primary N) is 2. The molecule has 46 valence electrons. The van der Waals surface area contributed by atoms with Crippen LogP contribution >= 0.6 is 0 Å². The van der Waals surface area contributed by atoms with E-state index in [0.717, 1.165) is 0 Å². The number of hydrogen-bond donors (Lipinski definition) is 2. The Kier molecular flexibility index (Phi) is 3.78. The molecular formula is C4H10N4. The molecule has 0 aliphatic rings. The minimum absolute atomic E-state index is 0.198. The molecule has 0 spiro atoms. The average Bonchev–Trinajstić information content (AvgIpc) is 1.68. The van der Waals surface area contributed by atoms with E-state index in [-0.39, 0.29) is 12.6 Å². The molecule has 4 N–H and O–H groups in total. The first-order valence-corrected chi connectivity index (χ1v) is 2.30. The van der Waals surface area contributed by atoms with Crippen LogP contribution in [0, 0.1) is 0 Å². The summed E-state index contributed by atoms with van der Waals surface area (Å²) in [7, 11) is 0. The number of aliphatic imine (C=N–C) groups is 2. The van der Waals surface area contributed by atoms with Crippen molar-refractivity contribution in [1.29, 1.82) is 0 Å². The van der Waals surface area contributed by atoms with E-state index in [4.69, 9.17) is 11.5 Å². The number of rotatable bonds is 1. The summed E-state index contributed by atoms with van der Waals surface area (Å²) in [4.78, 5) is 7.23. The Morgan fingerprint density at radius 1 is 1.75 bits per heavy atom. The van der Waals surface area contributed by atoms with Crippen molar-refractivity contribution >= 4 is 12.2 Å². The second-order valence-electron chi connectivity index (χ2n) is 1.09. The number of hydrogen-bond acceptors (Lipinski definition) is 2. The van der Waals surface area contributed by atoms with E-state index in [1.165, 1.54) is 0 Å². The van der Waals surface area contributed by atoms with E-state index in [9.17, 15) is 0 Å². The summed E-state index contributed by atoms with van der Waals surface area (Å²) < 4.78 is 0. The summed E-state index contributed by atoms with van der Waals surface area (Å²) in [5, 5.41) is 0. The highest BCUT2D eigenvalue weighted by Crippen LogP contribution is 1.66. The standard InChI is InChI=1S/C4H10N4/c1-2-7-4(6)8-3-5/h2H,3,5H2,1H3,(H2,6,8). The Morgan fingerprint density at radius 3 is 2.75 bits per heavy atom. The van der Waals surface area contributed by atoms with Crippen molar-refractivity contribution in [2.24, 2.45) is 21.5 Å². The summed E-state index contributed by atoms with van der Waals surface area (Å²) in [6.07, 6.45) is 1.56. The van der Waals surface area contributed by atoms with Crippen LogP contribution in [0.1, 0.15) is 6.92 Å². The normalized spacial score (nSPS) is 13.0. The molecule has 0 radical (unpaired) electrons. The molecule has 0 saturated heterocycles. The highest BCUT2D eigenvalue weighted by molar-refractivity contribution is 5.85. The number of guanidine groups is 1. The predicted octanol–water partition coefficient (Wildman–Crippen LogP) is -0.692. The first-order chi connectivity index (χ1) is 3.81. The predicted molar refractivity (Wildman–Crippen MR) is 34.8 cm³/mol. The van der Waals surface area contributed by atoms with Gasteiger partial charge in [-0.3, -0.25) is 0 Å². The van der Waals surface area contributed by atoms with Gasteiger partial charge in [-0.15, -0.1) is 0 Å². The molecule has 0 aromatic rings. The van der Waals surface area contributed by atoms with E-state index in [0.29, 0.717) is 0 Å². The maximum Gasteiger partial charge on any atom is 0.216 e. The van der Waals surface area contributed by atoms with Crippen LogP contribution in [0.4, 0.5) is 0 Å². The molecule has 0 heterocycles. The molecule has 0 aliphatic heterocycles. The van der Waals surface area contributed by atoms with Crippen molar-refractivity contribution in [2.45, 2.75) is 6.92 Å². The number of nitrogens with zero attached hydrogens (tertiary/aromatic N) is 2. The Morgan fingerprint density at radius 2 is 2.38 bits per heavy atom. The van der Waals surface area contributed by atoms with Crippen LogP contribution in [0.2, 0.25) is 0 Å². The second-order valence-corrected chi connectivity index (χ2v) is 1.09. The van der Waals surface area contributed by atoms with Crippen molar-refractivity contribution in [1.82, 2.24) is 0 Å². The summed E-state index contributed by atoms with van der Waals surface area (Å²) >= 11 is 0. The molecule has 4 heteroatoms. The lowest BCUT2D eigenvalue weighted by atomic mass is 10.8. The van der Waals surface area contributed by atoms with Gasteiger partial charge in [0.2, 0.25) is 5.96 Å². The summed E-state index contributed by atoms with van der Waals surface area (Å²) in [5.41, 5.74) is 10.2. The van der Waals surface area contributed by atoms with Crippen LogP contribution < -0.4 is 11.5 Å². The van der Waals surface area contributed by atoms with Crippen LogP contribution in [0.25, 0.3) is 0 Å². The van der Waals surface area contributed by atoms with Gasteiger partial charge in [0, 0.05) is 6.21 Å². The van der Waals surface area contributed by atoms with Gasteiger partial charge in [-0.2, -0.15) is 0 Å². The van der Waals surface area contributed by atoms with Gasteiger partial charge in [-0.05, 0) is 6.92 Å². The van der Waals surface area contributed by atoms with Crippen LogP contribution in [0.15, 0.2) is 9.98 Å². The zero-order valence-electron chi connectivity index (χ0n) is 4.83. The first-order valence-electron chi connectivity index (χ1n) is 2.30. The average molecular weight is 114 g/mol. The van der Waals surface area contributed by atoms with Crippen LogP contribution in [0.5, 0.6) is 0 Å². The first kappa shape index (κ1) is 7.10. The minimum atomic E-state index is 0.198. The second kappa shape index (κ2) is 4.26. The smallest absolute Gasteiger partial charge is 0.216 e. The Balaban J connectivity index is 3.61. The molecule has 0 unspecified atom stereocenters. The van der Waals surface area contributed by atoms with E-state index >= 15 is 0 Å². The monoisotopic (exact) mass is 114 g/mol. The molecule has 0 bridgehead atoms. The van der Waals surface area contributed by atoms with Crippen LogP contribution in [-0.2, 0) is 0 Å². The van der Waals surface area contributed by atoms with Gasteiger partial charge in [-0.25, -0.2) is 9.98 Å². The summed E-state index contributed by atoms with van der Waals surface area (Å²) in [6.45, 7) is 1.96. The van der Waals surface area contributed by atoms with Crippen LogP contribution in [0.3, 0.4) is 0 Å². The fraction of sp³-hybridized carbons (Fsp3) is 0.500. The Bertz CT molecular complexity index is 105. The lowest BCUT2D eigenvalue weighted by Gasteiger charge is -1.85. The lowest BCUT2D eigenvalue weighted by Crippen LogP contribution is -2.11. The fourth-order valence-corrected chi connectivity index (χ4v) is 0.267. The zero-order chi connectivity index (χ0) is 6.41. The molecule has 0 amide bonds. The molecule has 0 rings (SSSR count). The van der Waals surface area contributed by atoms with Crippen molar-refractivity contribution in [3.8, 4) is 0 Å². The van der Waals surface area contributed by atoms with Gasteiger partial charge >= 0.3 is 0 Å². The Hall–Kier alpha value is -0.900. The van der Waals surface area contributed by atoms with Gasteiger partial charge < -0.3 is 11.5 Å². The van der Waals surface area contributed by atoms with Gasteiger partial charge in [0.15, 0.2) is 0 Å². The molecule has 8 heavy (non-hydrogen) atoms. The quantitative estimate of drug-likeness (QED) is 0.349. The Labute approximate surface area is 48.3 Å². The molecule has 0 aliphatic carbocycles. The fourth-order valence-electron chi connectivity index (χ4n) is 0.267. The van der Waals surface area contributed by atoms with Crippen molar-refractivity contribution < 1.29 is 0 Å². The maximum absolute atomic E-state index is 5.17. The highest BCUT2D eigenvalue weighted by Gasteiger charge is 1.76. The van der Waals surface area contributed by atoms with Crippen molar-refractivity contribution in [3.63, 3.8) is 0 Å². The molecule has 0 aromatic heterocycles. The molecule has 0 aromatic carbocycles. The largest absolute Gasteiger partial charge is 0.368 e. The molecule has 0 atom stereocenters. The SMILES string of the molecule is CC=NC(N)=NCN. The third kappa shape index (κ3) is 3.30. The van der Waals surface area contributed by atoms with E-state index in [1.54, 1.807) is 13.1 Å². The van der Waals surface area contributed by atoms with Crippen LogP contribution in [-0.4, -0.2) is 18.8 Å². The van der Waals surface area contributed by atoms with Gasteiger partial charge in [0.1, 0.15) is 0 Å². The topological polar surface area (TPSA) is 76.8 Å². The molecule has 0 fully saturated rings. The van der Waals surface area contributed by atoms with Crippen molar-refractivity contribution in [2.75, 3.05) is 6.67 Å². The van der Waals surface area contributed by atoms with E-state index in [2.05, 4.69) is 9.98 Å². The minimum Gasteiger partial charge on any atom is -0.368 e. The van der Waals surface area contributed by atoms with E-state index < -0.39 is 0 Å². The van der Waals surface area contributed by atoms with Crippen molar-refractivity contribution in [3.05, 3.63) is 0 Å². The molecule has 4 nitrogen and oxygen atoms in total. The van der Waals surface area contributed by atoms with E-state index in [1.807, 2.05) is 0 Å². The lowest BCUT2D eigenvalue weighted by molar-refractivity contribution is 1.06. The summed E-state index contributed by atoms with van der Waals surface area (Å²) in [5.74, 6) is 0.231. The third-order valence-corrected chi connectivity index (χ3v) is 0.515. The van der Waals surface area contributed by atoms with Gasteiger partial charge in [0.25, 0.3) is 0 Å². The summed E-state index contributed by atoms with van der Waals surface area (Å²) in [6, 6.07) is 0. The third-order valence-electron chi connectivity index (χ3n) is 0.515. The van der Waals surface area contributed by atoms with Gasteiger partial charge in [-0.1, -0.05) is 0 Å². The van der Waals surface area contributed by atoms with Gasteiger partial charge in [0.05, 0.1) is 6.67 Å². The highest BCUT2D eigenvalue weighted by atomic mass is 15.0. The molecule has 0 saturated carbocycles.